The normalized spacial score (nSPS) is 17.4. The first-order valence-electron chi connectivity index (χ1n) is 7.87. The Morgan fingerprint density at radius 3 is 2.30 bits per heavy atom. The van der Waals surface area contributed by atoms with E-state index < -0.39 is 5.41 Å². The molecule has 1 aliphatic rings. The third kappa shape index (κ3) is 3.87. The van der Waals surface area contributed by atoms with E-state index >= 15 is 0 Å². The molecule has 0 atom stereocenters. The minimum absolute atomic E-state index is 0.0464. The highest BCUT2D eigenvalue weighted by Gasteiger charge is 2.41. The second kappa shape index (κ2) is 8.12. The number of nitrogens with two attached hydrogens (primary N) is 1. The number of carbonyl (C=O) groups is 1. The van der Waals surface area contributed by atoms with Gasteiger partial charge in [0.05, 0.1) is 0 Å². The van der Waals surface area contributed by atoms with Crippen molar-refractivity contribution < 1.29 is 10.0 Å². The van der Waals surface area contributed by atoms with Crippen LogP contribution in [0.1, 0.15) is 65.2 Å². The van der Waals surface area contributed by atoms with Gasteiger partial charge in [-0.25, -0.2) is 0 Å². The number of rotatable bonds is 8. The van der Waals surface area contributed by atoms with E-state index in [0.717, 1.165) is 12.8 Å². The van der Waals surface area contributed by atoms with Gasteiger partial charge < -0.3 is 16.3 Å². The molecular formula is C15H29N3O2. The molecule has 1 amide bonds. The summed E-state index contributed by atoms with van der Waals surface area (Å²) in [5.74, 6) is 0.556. The topological polar surface area (TPSA) is 87.7 Å². The second-order valence-electron chi connectivity index (χ2n) is 5.93. The van der Waals surface area contributed by atoms with Crippen LogP contribution in [0.2, 0.25) is 0 Å². The van der Waals surface area contributed by atoms with Crippen LogP contribution in [-0.2, 0) is 4.79 Å². The highest BCUT2D eigenvalue weighted by Crippen LogP contribution is 2.31. The second-order valence-corrected chi connectivity index (χ2v) is 5.93. The Morgan fingerprint density at radius 1 is 1.30 bits per heavy atom. The van der Waals surface area contributed by atoms with Crippen molar-refractivity contribution in [1.82, 2.24) is 5.32 Å². The molecule has 0 aliphatic heterocycles. The highest BCUT2D eigenvalue weighted by molar-refractivity contribution is 6.06. The van der Waals surface area contributed by atoms with E-state index in [0.29, 0.717) is 25.3 Å². The third-order valence-electron chi connectivity index (χ3n) is 4.41. The van der Waals surface area contributed by atoms with Crippen molar-refractivity contribution in [2.24, 2.45) is 22.2 Å². The molecule has 0 aromatic carbocycles. The molecule has 1 saturated carbocycles. The van der Waals surface area contributed by atoms with Gasteiger partial charge in [0.2, 0.25) is 5.91 Å². The standard InChI is InChI=1S/C15H29N3O2/c1-3-9-15(10-4-2,13(16)18-20)14(19)17-11-12-7-5-6-8-12/h12,20H,3-11H2,1-2H3,(H2,16,18)(H,17,19). The van der Waals surface area contributed by atoms with Crippen LogP contribution in [0.25, 0.3) is 0 Å². The Labute approximate surface area is 122 Å². The van der Waals surface area contributed by atoms with Crippen LogP contribution < -0.4 is 11.1 Å². The maximum atomic E-state index is 12.6. The van der Waals surface area contributed by atoms with Gasteiger partial charge in [0.15, 0.2) is 5.84 Å². The maximum absolute atomic E-state index is 12.6. The smallest absolute Gasteiger partial charge is 0.233 e. The van der Waals surface area contributed by atoms with Crippen molar-refractivity contribution in [2.75, 3.05) is 6.54 Å². The summed E-state index contributed by atoms with van der Waals surface area (Å²) in [6.07, 6.45) is 7.79. The fourth-order valence-corrected chi connectivity index (χ4v) is 3.29. The Bertz CT molecular complexity index is 330. The molecule has 0 saturated heterocycles. The first kappa shape index (κ1) is 16.8. The van der Waals surface area contributed by atoms with Crippen LogP contribution >= 0.6 is 0 Å². The van der Waals surface area contributed by atoms with E-state index in [4.69, 9.17) is 10.9 Å². The largest absolute Gasteiger partial charge is 0.409 e. The van der Waals surface area contributed by atoms with Gasteiger partial charge in [-0.1, -0.05) is 44.7 Å². The monoisotopic (exact) mass is 283 g/mol. The summed E-state index contributed by atoms with van der Waals surface area (Å²) in [5.41, 5.74) is 5.00. The van der Waals surface area contributed by atoms with Crippen molar-refractivity contribution in [2.45, 2.75) is 65.2 Å². The lowest BCUT2D eigenvalue weighted by atomic mass is 9.77. The number of nitrogens with one attached hydrogen (secondary N) is 1. The van der Waals surface area contributed by atoms with Crippen LogP contribution in [0.5, 0.6) is 0 Å². The fourth-order valence-electron chi connectivity index (χ4n) is 3.29. The van der Waals surface area contributed by atoms with E-state index in [1.165, 1.54) is 25.7 Å². The Kier molecular flexibility index (Phi) is 6.82. The lowest BCUT2D eigenvalue weighted by Crippen LogP contribution is -2.50. The van der Waals surface area contributed by atoms with Crippen LogP contribution in [0, 0.1) is 11.3 Å². The molecule has 0 radical (unpaired) electrons. The van der Waals surface area contributed by atoms with Crippen molar-refractivity contribution >= 4 is 11.7 Å². The molecule has 5 heteroatoms. The molecular weight excluding hydrogens is 254 g/mol. The van der Waals surface area contributed by atoms with E-state index in [1.807, 2.05) is 13.8 Å². The molecule has 20 heavy (non-hydrogen) atoms. The lowest BCUT2D eigenvalue weighted by Gasteiger charge is -2.31. The molecule has 0 aromatic heterocycles. The zero-order valence-electron chi connectivity index (χ0n) is 12.8. The average Bonchev–Trinajstić information content (AvgIpc) is 2.96. The molecule has 5 nitrogen and oxygen atoms in total. The van der Waals surface area contributed by atoms with Gasteiger partial charge in [-0.05, 0) is 31.6 Å². The number of hydrogen-bond acceptors (Lipinski definition) is 3. The van der Waals surface area contributed by atoms with Crippen molar-refractivity contribution in [3.63, 3.8) is 0 Å². The SMILES string of the molecule is CCCC(CCC)(C(=O)NCC1CCCC1)C(N)=NO. The molecule has 0 bridgehead atoms. The van der Waals surface area contributed by atoms with Gasteiger partial charge >= 0.3 is 0 Å². The van der Waals surface area contributed by atoms with E-state index in [-0.39, 0.29) is 11.7 Å². The van der Waals surface area contributed by atoms with Crippen LogP contribution in [-0.4, -0.2) is 23.5 Å². The summed E-state index contributed by atoms with van der Waals surface area (Å²) in [7, 11) is 0. The Balaban J connectivity index is 2.75. The van der Waals surface area contributed by atoms with Crippen LogP contribution in [0.15, 0.2) is 5.16 Å². The molecule has 1 fully saturated rings. The summed E-state index contributed by atoms with van der Waals surface area (Å²) in [4.78, 5) is 12.6. The summed E-state index contributed by atoms with van der Waals surface area (Å²) in [6, 6.07) is 0. The molecule has 0 heterocycles. The number of amidine groups is 1. The molecule has 1 aliphatic carbocycles. The van der Waals surface area contributed by atoms with E-state index in [9.17, 15) is 4.79 Å². The van der Waals surface area contributed by atoms with Gasteiger partial charge in [-0.15, -0.1) is 0 Å². The molecule has 0 aromatic rings. The molecule has 0 spiro atoms. The minimum atomic E-state index is -0.850. The molecule has 1 rings (SSSR count). The summed E-state index contributed by atoms with van der Waals surface area (Å²) < 4.78 is 0. The molecule has 4 N–H and O–H groups in total. The van der Waals surface area contributed by atoms with Crippen molar-refractivity contribution in [1.29, 1.82) is 0 Å². The summed E-state index contributed by atoms with van der Waals surface area (Å²) in [6.45, 7) is 4.74. The lowest BCUT2D eigenvalue weighted by molar-refractivity contribution is -0.128. The van der Waals surface area contributed by atoms with E-state index in [2.05, 4.69) is 10.5 Å². The zero-order chi connectivity index (χ0) is 15.0. The summed E-state index contributed by atoms with van der Waals surface area (Å²) in [5, 5.41) is 15.2. The molecule has 0 unspecified atom stereocenters. The average molecular weight is 283 g/mol. The Morgan fingerprint density at radius 2 is 1.85 bits per heavy atom. The number of carbonyl (C=O) groups excluding carboxylic acids is 1. The van der Waals surface area contributed by atoms with Crippen LogP contribution in [0.3, 0.4) is 0 Å². The quantitative estimate of drug-likeness (QED) is 0.277. The van der Waals surface area contributed by atoms with Crippen molar-refractivity contribution in [3.05, 3.63) is 0 Å². The van der Waals surface area contributed by atoms with Gasteiger partial charge in [0.1, 0.15) is 5.41 Å². The van der Waals surface area contributed by atoms with Gasteiger partial charge in [0, 0.05) is 6.54 Å². The number of hydrogen-bond donors (Lipinski definition) is 3. The highest BCUT2D eigenvalue weighted by atomic mass is 16.4. The maximum Gasteiger partial charge on any atom is 0.233 e. The number of nitrogens with zero attached hydrogens (tertiary/aromatic N) is 1. The van der Waals surface area contributed by atoms with Gasteiger partial charge in [-0.3, -0.25) is 4.79 Å². The van der Waals surface area contributed by atoms with Crippen molar-refractivity contribution in [3.8, 4) is 0 Å². The first-order valence-corrected chi connectivity index (χ1v) is 7.87. The third-order valence-corrected chi connectivity index (χ3v) is 4.41. The Hall–Kier alpha value is -1.26. The van der Waals surface area contributed by atoms with Gasteiger partial charge in [-0.2, -0.15) is 0 Å². The predicted molar refractivity (Wildman–Crippen MR) is 80.6 cm³/mol. The minimum Gasteiger partial charge on any atom is -0.409 e. The number of amides is 1. The first-order chi connectivity index (χ1) is 9.60. The van der Waals surface area contributed by atoms with Gasteiger partial charge in [0.25, 0.3) is 0 Å². The molecule has 116 valence electrons. The predicted octanol–water partition coefficient (Wildman–Crippen LogP) is 2.63. The van der Waals surface area contributed by atoms with Crippen LogP contribution in [0.4, 0.5) is 0 Å². The zero-order valence-corrected chi connectivity index (χ0v) is 12.8. The van der Waals surface area contributed by atoms with E-state index in [1.54, 1.807) is 0 Å². The fraction of sp³-hybridized carbons (Fsp3) is 0.867. The number of oxime groups is 1. The summed E-state index contributed by atoms with van der Waals surface area (Å²) >= 11 is 0.